The van der Waals surface area contributed by atoms with Crippen LogP contribution in [-0.4, -0.2) is 0 Å². The molecule has 2 aromatic carbocycles. The first-order chi connectivity index (χ1) is 13.1. The van der Waals surface area contributed by atoms with Gasteiger partial charge < -0.3 is 0 Å². The van der Waals surface area contributed by atoms with Crippen molar-refractivity contribution in [2.75, 3.05) is 0 Å². The Morgan fingerprint density at radius 3 is 2.26 bits per heavy atom. The third-order valence-electron chi connectivity index (χ3n) is 5.08. The average Bonchev–Trinajstić information content (AvgIpc) is 2.61. The number of hydrogen-bond donors (Lipinski definition) is 0. The van der Waals surface area contributed by atoms with Crippen LogP contribution in [0.25, 0.3) is 22.4 Å². The first kappa shape index (κ1) is 18.0. The van der Waals surface area contributed by atoms with E-state index < -0.39 is 5.89 Å². The van der Waals surface area contributed by atoms with Gasteiger partial charge in [0.05, 0.1) is 0 Å². The zero-order valence-electron chi connectivity index (χ0n) is 18.5. The summed E-state index contributed by atoms with van der Waals surface area (Å²) in [5.74, 6) is -0.577. The van der Waals surface area contributed by atoms with E-state index in [9.17, 15) is 0 Å². The van der Waals surface area contributed by atoms with Gasteiger partial charge in [0.15, 0.2) is 6.20 Å². The fourth-order valence-corrected chi connectivity index (χ4v) is 3.72. The molecule has 3 aromatic rings. The minimum absolute atomic E-state index is 0.131. The number of nitrogens with zero attached hydrogens (tertiary/aromatic N) is 1. The Hall–Kier alpha value is -2.41. The van der Waals surface area contributed by atoms with Crippen molar-refractivity contribution in [2.24, 2.45) is 12.5 Å². The van der Waals surface area contributed by atoms with Crippen molar-refractivity contribution >= 4 is 0 Å². The van der Waals surface area contributed by atoms with E-state index in [2.05, 4.69) is 106 Å². The summed E-state index contributed by atoms with van der Waals surface area (Å²) in [5, 5.41) is 0. The van der Waals surface area contributed by atoms with Crippen molar-refractivity contribution < 1.29 is 5.94 Å². The predicted molar refractivity (Wildman–Crippen MR) is 116 cm³/mol. The maximum atomic E-state index is 8.79. The van der Waals surface area contributed by atoms with E-state index in [4.69, 9.17) is 1.37 Å². The summed E-state index contributed by atoms with van der Waals surface area (Å²) in [4.78, 5) is 0. The van der Waals surface area contributed by atoms with Crippen LogP contribution in [0, 0.1) is 12.3 Å². The zero-order chi connectivity index (χ0) is 20.5. The second-order valence-corrected chi connectivity index (χ2v) is 8.82. The molecule has 0 N–H and O–H groups in total. The lowest BCUT2D eigenvalue weighted by Gasteiger charge is -2.23. The largest absolute Gasteiger partial charge is 0.213 e. The van der Waals surface area contributed by atoms with E-state index >= 15 is 0 Å². The topological polar surface area (TPSA) is 3.88 Å². The molecule has 27 heavy (non-hydrogen) atoms. The molecule has 1 atom stereocenters. The van der Waals surface area contributed by atoms with Crippen molar-refractivity contribution in [3.8, 4) is 22.4 Å². The Bertz CT molecular complexity index is 962. The number of aromatic nitrogens is 1. The lowest BCUT2D eigenvalue weighted by Crippen LogP contribution is -2.30. The molecule has 1 nitrogen and oxygen atoms in total. The summed E-state index contributed by atoms with van der Waals surface area (Å²) < 4.78 is 11.0. The molecular weight excluding hydrogens is 326 g/mol. The number of benzene rings is 2. The highest BCUT2D eigenvalue weighted by Gasteiger charge is 2.17. The van der Waals surface area contributed by atoms with Gasteiger partial charge in [-0.1, -0.05) is 70.2 Å². The fraction of sp³-hybridized carbons (Fsp3) is 0.346. The smallest absolute Gasteiger partial charge is 0.201 e. The second-order valence-electron chi connectivity index (χ2n) is 8.82. The molecule has 0 saturated heterocycles. The Labute approximate surface area is 166 Å². The van der Waals surface area contributed by atoms with Crippen LogP contribution in [0.4, 0.5) is 0 Å². The minimum atomic E-state index is -0.577. The van der Waals surface area contributed by atoms with Gasteiger partial charge in [-0.3, -0.25) is 0 Å². The van der Waals surface area contributed by atoms with Gasteiger partial charge in [0, 0.05) is 19.1 Å². The van der Waals surface area contributed by atoms with Crippen molar-refractivity contribution in [1.29, 1.82) is 0 Å². The van der Waals surface area contributed by atoms with Gasteiger partial charge in [-0.05, 0) is 53.0 Å². The number of aryl methyl sites for hydroxylation is 2. The average molecular weight is 360 g/mol. The third-order valence-corrected chi connectivity index (χ3v) is 5.08. The fourth-order valence-electron chi connectivity index (χ4n) is 3.72. The monoisotopic (exact) mass is 359 g/mol. The van der Waals surface area contributed by atoms with Crippen molar-refractivity contribution in [3.63, 3.8) is 0 Å². The van der Waals surface area contributed by atoms with E-state index in [1.165, 1.54) is 27.9 Å². The van der Waals surface area contributed by atoms with E-state index in [0.717, 1.165) is 12.0 Å². The molecule has 1 heterocycles. The SMILES string of the molecule is [2H]C(C)(CC(C)(C)C)c1ccc(-c2cc[n+](C)c(-c3ccccc3C)c2)cc1. The molecule has 1 unspecified atom stereocenters. The van der Waals surface area contributed by atoms with Crippen LogP contribution >= 0.6 is 0 Å². The molecular formula is C26H32N+. The van der Waals surface area contributed by atoms with Gasteiger partial charge in [0.1, 0.15) is 7.05 Å². The number of hydrogen-bond acceptors (Lipinski definition) is 0. The van der Waals surface area contributed by atoms with Gasteiger partial charge in [-0.15, -0.1) is 0 Å². The predicted octanol–water partition coefficient (Wildman–Crippen LogP) is 6.69. The van der Waals surface area contributed by atoms with Crippen LogP contribution in [0.15, 0.2) is 66.9 Å². The highest BCUT2D eigenvalue weighted by molar-refractivity contribution is 5.70. The summed E-state index contributed by atoms with van der Waals surface area (Å²) in [6.45, 7) is 10.8. The van der Waals surface area contributed by atoms with E-state index in [0.29, 0.717) is 0 Å². The van der Waals surface area contributed by atoms with E-state index in [-0.39, 0.29) is 5.41 Å². The lowest BCUT2D eigenvalue weighted by atomic mass is 9.82. The normalized spacial score (nSPS) is 14.5. The molecule has 0 aliphatic rings. The maximum absolute atomic E-state index is 8.79. The molecule has 0 spiro atoms. The minimum Gasteiger partial charge on any atom is -0.201 e. The Kier molecular flexibility index (Phi) is 5.11. The molecule has 3 rings (SSSR count). The van der Waals surface area contributed by atoms with Crippen LogP contribution < -0.4 is 4.57 Å². The highest BCUT2D eigenvalue weighted by atomic mass is 14.9. The standard InChI is InChI=1S/C26H32N/c1-19-9-7-8-10-24(19)25-17-23(15-16-27(25)6)22-13-11-21(12-14-22)20(2)18-26(3,4)5/h7-17,20H,18H2,1-6H3/q+1/i20D. The molecule has 0 aliphatic heterocycles. The molecule has 0 radical (unpaired) electrons. The maximum Gasteiger partial charge on any atom is 0.213 e. The first-order valence-corrected chi connectivity index (χ1v) is 9.73. The number of pyridine rings is 1. The molecule has 0 bridgehead atoms. The molecule has 0 aliphatic carbocycles. The van der Waals surface area contributed by atoms with Crippen molar-refractivity contribution in [2.45, 2.75) is 46.9 Å². The summed E-state index contributed by atoms with van der Waals surface area (Å²) in [6.07, 6.45) is 2.96. The Morgan fingerprint density at radius 2 is 1.63 bits per heavy atom. The quantitative estimate of drug-likeness (QED) is 0.457. The van der Waals surface area contributed by atoms with Gasteiger partial charge in [0.25, 0.3) is 0 Å². The van der Waals surface area contributed by atoms with Gasteiger partial charge >= 0.3 is 0 Å². The Balaban J connectivity index is 1.95. The summed E-state index contributed by atoms with van der Waals surface area (Å²) in [6, 6.07) is 21.5. The van der Waals surface area contributed by atoms with Crippen LogP contribution in [0.2, 0.25) is 0 Å². The summed E-state index contributed by atoms with van der Waals surface area (Å²) in [7, 11) is 2.09. The van der Waals surface area contributed by atoms with Gasteiger partial charge in [0.2, 0.25) is 5.69 Å². The molecule has 0 saturated carbocycles. The van der Waals surface area contributed by atoms with Gasteiger partial charge in [-0.25, -0.2) is 4.57 Å². The molecule has 1 aromatic heterocycles. The molecule has 140 valence electrons. The van der Waals surface area contributed by atoms with Crippen molar-refractivity contribution in [3.05, 3.63) is 78.0 Å². The number of rotatable bonds is 4. The molecule has 0 amide bonds. The van der Waals surface area contributed by atoms with Crippen molar-refractivity contribution in [1.82, 2.24) is 0 Å². The Morgan fingerprint density at radius 1 is 0.963 bits per heavy atom. The van der Waals surface area contributed by atoms with Crippen LogP contribution in [0.1, 0.15) is 52.5 Å². The van der Waals surface area contributed by atoms with Crippen LogP contribution in [0.3, 0.4) is 0 Å². The second kappa shape index (κ2) is 7.68. The third kappa shape index (κ3) is 4.66. The summed E-state index contributed by atoms with van der Waals surface area (Å²) in [5.41, 5.74) is 7.33. The lowest BCUT2D eigenvalue weighted by molar-refractivity contribution is -0.660. The highest BCUT2D eigenvalue weighted by Crippen LogP contribution is 2.32. The molecule has 0 fully saturated rings. The molecule has 1 heteroatoms. The van der Waals surface area contributed by atoms with Crippen LogP contribution in [-0.2, 0) is 7.05 Å². The summed E-state index contributed by atoms with van der Waals surface area (Å²) >= 11 is 0. The van der Waals surface area contributed by atoms with Gasteiger partial charge in [-0.2, -0.15) is 0 Å². The van der Waals surface area contributed by atoms with Crippen LogP contribution in [0.5, 0.6) is 0 Å². The zero-order valence-corrected chi connectivity index (χ0v) is 17.5. The van der Waals surface area contributed by atoms with E-state index in [1.807, 2.05) is 6.92 Å². The van der Waals surface area contributed by atoms with E-state index in [1.54, 1.807) is 0 Å². The first-order valence-electron chi connectivity index (χ1n) is 10.2.